The Balaban J connectivity index is 1.63. The summed E-state index contributed by atoms with van der Waals surface area (Å²) in [6.45, 7) is 0. The molecule has 3 aromatic rings. The van der Waals surface area contributed by atoms with Gasteiger partial charge < -0.3 is 19.2 Å². The van der Waals surface area contributed by atoms with Crippen LogP contribution in [0.4, 0.5) is 18.9 Å². The molecule has 0 aliphatic carbocycles. The van der Waals surface area contributed by atoms with Gasteiger partial charge in [0, 0.05) is 11.3 Å². The zero-order valence-corrected chi connectivity index (χ0v) is 17.7. The topological polar surface area (TPSA) is 86.5 Å². The van der Waals surface area contributed by atoms with Gasteiger partial charge in [0.2, 0.25) is 11.8 Å². The molecule has 1 N–H and O–H groups in total. The summed E-state index contributed by atoms with van der Waals surface area (Å²) in [6, 6.07) is 8.16. The zero-order chi connectivity index (χ0) is 22.6. The monoisotopic (exact) mass is 473 g/mol. The summed E-state index contributed by atoms with van der Waals surface area (Å²) < 4.78 is 54.7. The second-order valence-corrected chi connectivity index (χ2v) is 7.31. The van der Waals surface area contributed by atoms with Crippen LogP contribution >= 0.6 is 23.4 Å². The quantitative estimate of drug-likeness (QED) is 0.474. The lowest BCUT2D eigenvalue weighted by molar-refractivity contribution is -0.137. The maximum Gasteiger partial charge on any atom is 0.417 e. The van der Waals surface area contributed by atoms with Crippen LogP contribution in [0.3, 0.4) is 0 Å². The van der Waals surface area contributed by atoms with E-state index in [0.29, 0.717) is 17.1 Å². The summed E-state index contributed by atoms with van der Waals surface area (Å²) in [4.78, 5) is 12.1. The van der Waals surface area contributed by atoms with Gasteiger partial charge in [0.1, 0.15) is 0 Å². The van der Waals surface area contributed by atoms with Gasteiger partial charge in [-0.15, -0.1) is 10.2 Å². The third-order valence-electron chi connectivity index (χ3n) is 3.92. The maximum atomic E-state index is 12.9. The second-order valence-electron chi connectivity index (χ2n) is 5.97. The zero-order valence-electron chi connectivity index (χ0n) is 16.1. The highest BCUT2D eigenvalue weighted by molar-refractivity contribution is 7.99. The number of benzene rings is 2. The molecule has 2 aromatic carbocycles. The Kier molecular flexibility index (Phi) is 6.96. The van der Waals surface area contributed by atoms with Gasteiger partial charge in [0.25, 0.3) is 5.22 Å². The molecule has 0 bridgehead atoms. The highest BCUT2D eigenvalue weighted by Crippen LogP contribution is 2.36. The lowest BCUT2D eigenvalue weighted by Gasteiger charge is -2.11. The van der Waals surface area contributed by atoms with Crippen LogP contribution in [0.5, 0.6) is 11.5 Å². The van der Waals surface area contributed by atoms with E-state index >= 15 is 0 Å². The van der Waals surface area contributed by atoms with Crippen molar-refractivity contribution < 1.29 is 31.9 Å². The molecule has 0 unspecified atom stereocenters. The van der Waals surface area contributed by atoms with Crippen molar-refractivity contribution in [3.8, 4) is 23.0 Å². The number of anilines is 1. The summed E-state index contributed by atoms with van der Waals surface area (Å²) in [5.41, 5.74) is -0.475. The van der Waals surface area contributed by atoms with Crippen molar-refractivity contribution in [3.63, 3.8) is 0 Å². The molecule has 12 heteroatoms. The third kappa shape index (κ3) is 5.61. The Morgan fingerprint density at radius 2 is 1.87 bits per heavy atom. The average Bonchev–Trinajstić information content (AvgIpc) is 3.21. The number of aromatic nitrogens is 2. The number of methoxy groups -OCH3 is 2. The van der Waals surface area contributed by atoms with Crippen molar-refractivity contribution in [2.45, 2.75) is 11.4 Å². The number of amides is 1. The number of ether oxygens (including phenoxy) is 2. The second kappa shape index (κ2) is 9.48. The van der Waals surface area contributed by atoms with Crippen LogP contribution < -0.4 is 14.8 Å². The molecule has 164 valence electrons. The molecule has 3 rings (SSSR count). The molecule has 1 heterocycles. The van der Waals surface area contributed by atoms with E-state index in [4.69, 9.17) is 25.5 Å². The molecule has 0 atom stereocenters. The Bertz CT molecular complexity index is 1090. The van der Waals surface area contributed by atoms with Crippen molar-refractivity contribution >= 4 is 35.0 Å². The Hall–Kier alpha value is -2.92. The van der Waals surface area contributed by atoms with Crippen LogP contribution in [0, 0.1) is 0 Å². The molecule has 0 radical (unpaired) electrons. The molecule has 0 aliphatic rings. The van der Waals surface area contributed by atoms with E-state index < -0.39 is 22.7 Å². The third-order valence-corrected chi connectivity index (χ3v) is 5.07. The van der Waals surface area contributed by atoms with E-state index in [0.717, 1.165) is 23.9 Å². The SMILES string of the molecule is COc1ccc(-c2nnc(SCC(=O)Nc3ccc(Cl)c(C(F)(F)F)c3)o2)cc1OC. The fourth-order valence-corrected chi connectivity index (χ4v) is 3.29. The van der Waals surface area contributed by atoms with Crippen LogP contribution in [0.1, 0.15) is 5.56 Å². The number of carbonyl (C=O) groups excluding carboxylic acids is 1. The highest BCUT2D eigenvalue weighted by atomic mass is 35.5. The van der Waals surface area contributed by atoms with Crippen molar-refractivity contribution in [2.75, 3.05) is 25.3 Å². The largest absolute Gasteiger partial charge is 0.493 e. The van der Waals surface area contributed by atoms with E-state index in [1.54, 1.807) is 18.2 Å². The van der Waals surface area contributed by atoms with E-state index in [1.807, 2.05) is 0 Å². The average molecular weight is 474 g/mol. The molecule has 0 saturated carbocycles. The van der Waals surface area contributed by atoms with E-state index in [-0.39, 0.29) is 22.6 Å². The van der Waals surface area contributed by atoms with E-state index in [2.05, 4.69) is 15.5 Å². The lowest BCUT2D eigenvalue weighted by Crippen LogP contribution is -2.15. The van der Waals surface area contributed by atoms with Gasteiger partial charge in [-0.05, 0) is 36.4 Å². The number of thioether (sulfide) groups is 1. The summed E-state index contributed by atoms with van der Waals surface area (Å²) in [5.74, 6) is 0.515. The van der Waals surface area contributed by atoms with Crippen LogP contribution in [-0.2, 0) is 11.0 Å². The van der Waals surface area contributed by atoms with Gasteiger partial charge in [0.15, 0.2) is 11.5 Å². The van der Waals surface area contributed by atoms with E-state index in [1.165, 1.54) is 20.3 Å². The number of alkyl halides is 3. The minimum atomic E-state index is -4.63. The first-order valence-electron chi connectivity index (χ1n) is 8.56. The van der Waals surface area contributed by atoms with Gasteiger partial charge >= 0.3 is 6.18 Å². The van der Waals surface area contributed by atoms with Crippen LogP contribution in [0.2, 0.25) is 5.02 Å². The number of hydrogen-bond donors (Lipinski definition) is 1. The molecular formula is C19H15ClF3N3O4S. The fourth-order valence-electron chi connectivity index (χ4n) is 2.50. The van der Waals surface area contributed by atoms with Gasteiger partial charge in [0.05, 0.1) is 30.6 Å². The summed E-state index contributed by atoms with van der Waals surface area (Å²) in [6.07, 6.45) is -4.63. The van der Waals surface area contributed by atoms with Crippen molar-refractivity contribution in [3.05, 3.63) is 47.0 Å². The molecule has 1 amide bonds. The summed E-state index contributed by atoms with van der Waals surface area (Å²) in [7, 11) is 3.01. The normalized spacial score (nSPS) is 11.3. The molecule has 7 nitrogen and oxygen atoms in total. The Morgan fingerprint density at radius 3 is 2.55 bits per heavy atom. The highest BCUT2D eigenvalue weighted by Gasteiger charge is 2.33. The van der Waals surface area contributed by atoms with Crippen molar-refractivity contribution in [1.82, 2.24) is 10.2 Å². The number of nitrogens with zero attached hydrogens (tertiary/aromatic N) is 2. The number of hydrogen-bond acceptors (Lipinski definition) is 7. The molecule has 0 spiro atoms. The first-order chi connectivity index (χ1) is 14.7. The van der Waals surface area contributed by atoms with Gasteiger partial charge in [-0.1, -0.05) is 23.4 Å². The Labute approximate surface area is 183 Å². The molecular weight excluding hydrogens is 459 g/mol. The smallest absolute Gasteiger partial charge is 0.417 e. The standard InChI is InChI=1S/C19H15ClF3N3O4S/c1-28-14-6-3-10(7-15(14)29-2)17-25-26-18(30-17)31-9-16(27)24-11-4-5-13(20)12(8-11)19(21,22)23/h3-8H,9H2,1-2H3,(H,24,27). The number of carbonyl (C=O) groups is 1. The predicted molar refractivity (Wildman–Crippen MR) is 109 cm³/mol. The molecule has 0 aliphatic heterocycles. The molecule has 0 saturated heterocycles. The van der Waals surface area contributed by atoms with Gasteiger partial charge in [-0.25, -0.2) is 0 Å². The minimum absolute atomic E-state index is 0.0288. The van der Waals surface area contributed by atoms with Crippen molar-refractivity contribution in [2.24, 2.45) is 0 Å². The lowest BCUT2D eigenvalue weighted by atomic mass is 10.2. The molecule has 1 aromatic heterocycles. The molecule has 0 fully saturated rings. The first-order valence-corrected chi connectivity index (χ1v) is 9.93. The first kappa shape index (κ1) is 22.8. The number of rotatable bonds is 7. The number of nitrogens with one attached hydrogen (secondary N) is 1. The van der Waals surface area contributed by atoms with Crippen LogP contribution in [0.15, 0.2) is 46.0 Å². The number of halogens is 4. The van der Waals surface area contributed by atoms with E-state index in [9.17, 15) is 18.0 Å². The van der Waals surface area contributed by atoms with Gasteiger partial charge in [-0.3, -0.25) is 4.79 Å². The van der Waals surface area contributed by atoms with Crippen molar-refractivity contribution in [1.29, 1.82) is 0 Å². The maximum absolute atomic E-state index is 12.9. The predicted octanol–water partition coefficient (Wildman–Crippen LogP) is 5.16. The molecule has 31 heavy (non-hydrogen) atoms. The summed E-state index contributed by atoms with van der Waals surface area (Å²) in [5, 5.41) is 9.82. The van der Waals surface area contributed by atoms with Gasteiger partial charge in [-0.2, -0.15) is 13.2 Å². The van der Waals surface area contributed by atoms with Crippen LogP contribution in [0.25, 0.3) is 11.5 Å². The summed E-state index contributed by atoms with van der Waals surface area (Å²) >= 11 is 6.51. The Morgan fingerprint density at radius 1 is 1.13 bits per heavy atom. The fraction of sp³-hybridized carbons (Fsp3) is 0.211. The van der Waals surface area contributed by atoms with Crippen LogP contribution in [-0.4, -0.2) is 36.1 Å². The minimum Gasteiger partial charge on any atom is -0.493 e.